The number of anilines is 2. The van der Waals surface area contributed by atoms with E-state index in [-0.39, 0.29) is 11.6 Å². The third-order valence-electron chi connectivity index (χ3n) is 8.12. The number of carbonyl (C=O) groups is 3. The number of aryl methyl sites for hydroxylation is 1. The molecule has 1 heterocycles. The fourth-order valence-electron chi connectivity index (χ4n) is 5.36. The van der Waals surface area contributed by atoms with Crippen molar-refractivity contribution in [3.63, 3.8) is 0 Å². The summed E-state index contributed by atoms with van der Waals surface area (Å²) in [5, 5.41) is 10.4. The molecule has 0 aliphatic heterocycles. The molecule has 3 amide bonds. The number of ether oxygens (including phenoxy) is 2. The van der Waals surface area contributed by atoms with Crippen LogP contribution in [0.15, 0.2) is 143 Å². The smallest absolute Gasteiger partial charge is 0.272 e. The minimum atomic E-state index is -0.641. The van der Waals surface area contributed by atoms with Gasteiger partial charge in [-0.2, -0.15) is 0 Å². The van der Waals surface area contributed by atoms with Crippen LogP contribution in [0.2, 0.25) is 0 Å². The molecule has 0 bridgehead atoms. The maximum Gasteiger partial charge on any atom is 0.272 e. The highest BCUT2D eigenvalue weighted by Gasteiger charge is 2.24. The van der Waals surface area contributed by atoms with E-state index in [1.54, 1.807) is 62.8 Å². The summed E-state index contributed by atoms with van der Waals surface area (Å²) < 4.78 is 10.8. The van der Waals surface area contributed by atoms with Gasteiger partial charge in [0.15, 0.2) is 16.6 Å². The molecule has 0 radical (unpaired) electrons. The summed E-state index contributed by atoms with van der Waals surface area (Å²) in [5.41, 5.74) is 5.06. The molecule has 0 aliphatic rings. The predicted molar refractivity (Wildman–Crippen MR) is 212 cm³/mol. The second kappa shape index (κ2) is 17.4. The van der Waals surface area contributed by atoms with Crippen molar-refractivity contribution in [2.75, 3.05) is 24.9 Å². The molecule has 1 atom stereocenters. The number of aromatic nitrogens is 1. The van der Waals surface area contributed by atoms with Crippen LogP contribution in [0.25, 0.3) is 17.3 Å². The molecule has 5 aromatic carbocycles. The SMILES string of the molecule is COc1ccc(-c2csc(NC(=O)C(Sc3cccc(NC(=O)/C(=C/c4ccccc4C)NC(=O)c4ccccc4)c3)c3ccccc3)n2)cc1OC. The summed E-state index contributed by atoms with van der Waals surface area (Å²) in [4.78, 5) is 46.2. The molecule has 53 heavy (non-hydrogen) atoms. The summed E-state index contributed by atoms with van der Waals surface area (Å²) >= 11 is 2.67. The molecule has 6 rings (SSSR count). The second-order valence-corrected chi connectivity index (χ2v) is 13.8. The van der Waals surface area contributed by atoms with Crippen LogP contribution in [-0.2, 0) is 9.59 Å². The highest BCUT2D eigenvalue weighted by atomic mass is 32.2. The average Bonchev–Trinajstić information content (AvgIpc) is 3.66. The number of benzene rings is 5. The zero-order valence-corrected chi connectivity index (χ0v) is 30.8. The number of nitrogens with one attached hydrogen (secondary N) is 3. The van der Waals surface area contributed by atoms with Crippen molar-refractivity contribution in [1.82, 2.24) is 10.3 Å². The van der Waals surface area contributed by atoms with Crippen molar-refractivity contribution in [3.8, 4) is 22.8 Å². The predicted octanol–water partition coefficient (Wildman–Crippen LogP) is 9.02. The summed E-state index contributed by atoms with van der Waals surface area (Å²) in [6, 6.07) is 38.6. The Morgan fingerprint density at radius 3 is 2.23 bits per heavy atom. The summed E-state index contributed by atoms with van der Waals surface area (Å²) in [7, 11) is 3.16. The van der Waals surface area contributed by atoms with Gasteiger partial charge < -0.3 is 25.4 Å². The Balaban J connectivity index is 1.21. The third-order valence-corrected chi connectivity index (χ3v) is 10.1. The van der Waals surface area contributed by atoms with E-state index in [0.717, 1.165) is 27.1 Å². The largest absolute Gasteiger partial charge is 0.493 e. The molecule has 1 unspecified atom stereocenters. The van der Waals surface area contributed by atoms with Crippen molar-refractivity contribution < 1.29 is 23.9 Å². The number of amides is 3. The van der Waals surface area contributed by atoms with E-state index in [4.69, 9.17) is 9.47 Å². The van der Waals surface area contributed by atoms with Gasteiger partial charge in [-0.05, 0) is 78.2 Å². The molecule has 9 nitrogen and oxygen atoms in total. The van der Waals surface area contributed by atoms with E-state index < -0.39 is 17.1 Å². The lowest BCUT2D eigenvalue weighted by molar-refractivity contribution is -0.116. The molecule has 0 saturated heterocycles. The lowest BCUT2D eigenvalue weighted by Crippen LogP contribution is -2.30. The maximum absolute atomic E-state index is 13.9. The number of thioether (sulfide) groups is 1. The van der Waals surface area contributed by atoms with Crippen molar-refractivity contribution in [3.05, 3.63) is 161 Å². The minimum Gasteiger partial charge on any atom is -0.493 e. The van der Waals surface area contributed by atoms with E-state index in [2.05, 4.69) is 20.9 Å². The third kappa shape index (κ3) is 9.39. The molecule has 1 aromatic heterocycles. The Bertz CT molecular complexity index is 2260. The first kappa shape index (κ1) is 36.6. The van der Waals surface area contributed by atoms with Crippen molar-refractivity contribution in [2.24, 2.45) is 0 Å². The van der Waals surface area contributed by atoms with Crippen LogP contribution in [0.1, 0.15) is 32.3 Å². The van der Waals surface area contributed by atoms with Gasteiger partial charge in [0.2, 0.25) is 5.91 Å². The topological polar surface area (TPSA) is 119 Å². The Morgan fingerprint density at radius 1 is 0.774 bits per heavy atom. The van der Waals surface area contributed by atoms with Crippen LogP contribution in [0.4, 0.5) is 10.8 Å². The number of hydrogen-bond acceptors (Lipinski definition) is 8. The quantitative estimate of drug-likeness (QED) is 0.0799. The molecule has 6 aromatic rings. The van der Waals surface area contributed by atoms with Crippen LogP contribution in [-0.4, -0.2) is 36.9 Å². The first-order valence-electron chi connectivity index (χ1n) is 16.6. The molecule has 11 heteroatoms. The molecule has 0 fully saturated rings. The summed E-state index contributed by atoms with van der Waals surface area (Å²) in [6.07, 6.45) is 1.66. The highest BCUT2D eigenvalue weighted by molar-refractivity contribution is 8.00. The fraction of sp³-hybridized carbons (Fsp3) is 0.0952. The Kier molecular flexibility index (Phi) is 12.0. The number of hydrogen-bond donors (Lipinski definition) is 3. The van der Waals surface area contributed by atoms with E-state index in [9.17, 15) is 14.4 Å². The molecule has 0 saturated carbocycles. The van der Waals surface area contributed by atoms with Crippen LogP contribution >= 0.6 is 23.1 Å². The van der Waals surface area contributed by atoms with Gasteiger partial charge in [-0.15, -0.1) is 23.1 Å². The van der Waals surface area contributed by atoms with Crippen LogP contribution in [0, 0.1) is 6.92 Å². The van der Waals surface area contributed by atoms with Gasteiger partial charge in [0.05, 0.1) is 19.9 Å². The Morgan fingerprint density at radius 2 is 1.49 bits per heavy atom. The summed E-state index contributed by atoms with van der Waals surface area (Å²) in [5.74, 6) is 0.0399. The first-order valence-corrected chi connectivity index (χ1v) is 18.3. The fourth-order valence-corrected chi connectivity index (χ4v) is 7.17. The van der Waals surface area contributed by atoms with Crippen LogP contribution in [0.3, 0.4) is 0 Å². The zero-order chi connectivity index (χ0) is 37.2. The molecular formula is C42H36N4O5S2. The molecule has 266 valence electrons. The van der Waals surface area contributed by atoms with E-state index in [1.165, 1.54) is 23.1 Å². The highest BCUT2D eigenvalue weighted by Crippen LogP contribution is 2.38. The maximum atomic E-state index is 13.9. The Hall–Kier alpha value is -6.17. The van der Waals surface area contributed by atoms with Gasteiger partial charge in [-0.3, -0.25) is 14.4 Å². The minimum absolute atomic E-state index is 0.0867. The second-order valence-electron chi connectivity index (χ2n) is 11.7. The normalized spacial score (nSPS) is 11.6. The van der Waals surface area contributed by atoms with E-state index >= 15 is 0 Å². The number of carbonyl (C=O) groups excluding carboxylic acids is 3. The van der Waals surface area contributed by atoms with Gasteiger partial charge in [0.1, 0.15) is 10.9 Å². The van der Waals surface area contributed by atoms with E-state index in [1.807, 2.05) is 97.2 Å². The van der Waals surface area contributed by atoms with Crippen LogP contribution in [0.5, 0.6) is 11.5 Å². The number of methoxy groups -OCH3 is 2. The average molecular weight is 741 g/mol. The lowest BCUT2D eigenvalue weighted by atomic mass is 10.1. The number of nitrogens with zero attached hydrogens (tertiary/aromatic N) is 1. The number of rotatable bonds is 13. The van der Waals surface area contributed by atoms with Gasteiger partial charge in [-0.1, -0.05) is 78.9 Å². The van der Waals surface area contributed by atoms with Gasteiger partial charge in [-0.25, -0.2) is 4.98 Å². The standard InChI is InChI=1S/C42H36N4O5S2/c1-27-13-10-11-18-30(27)23-34(44-39(47)29-16-8-5-9-17-29)40(48)43-32-19-12-20-33(25-32)53-38(28-14-6-4-7-15-28)41(49)46-42-45-35(26-52-42)31-21-22-36(50-2)37(24-31)51-3/h4-26,38H,1-3H3,(H,43,48)(H,44,47)(H,45,46,49)/b34-23-. The summed E-state index contributed by atoms with van der Waals surface area (Å²) in [6.45, 7) is 1.94. The van der Waals surface area contributed by atoms with Gasteiger partial charge in [0, 0.05) is 27.1 Å². The number of thiazole rings is 1. The monoisotopic (exact) mass is 740 g/mol. The Labute approximate surface area is 316 Å². The first-order chi connectivity index (χ1) is 25.8. The molecule has 3 N–H and O–H groups in total. The zero-order valence-electron chi connectivity index (χ0n) is 29.2. The van der Waals surface area contributed by atoms with Crippen molar-refractivity contribution >= 4 is 57.7 Å². The lowest BCUT2D eigenvalue weighted by Gasteiger charge is -2.17. The molecular weight excluding hydrogens is 705 g/mol. The van der Waals surface area contributed by atoms with Crippen LogP contribution < -0.4 is 25.4 Å². The molecule has 0 spiro atoms. The van der Waals surface area contributed by atoms with Crippen molar-refractivity contribution in [2.45, 2.75) is 17.1 Å². The van der Waals surface area contributed by atoms with Gasteiger partial charge in [0.25, 0.3) is 11.8 Å². The van der Waals surface area contributed by atoms with Gasteiger partial charge >= 0.3 is 0 Å². The van der Waals surface area contributed by atoms with E-state index in [0.29, 0.717) is 33.6 Å². The molecule has 0 aliphatic carbocycles. The van der Waals surface area contributed by atoms with Crippen molar-refractivity contribution in [1.29, 1.82) is 0 Å².